The first-order valence-corrected chi connectivity index (χ1v) is 12.5. The van der Waals surface area contributed by atoms with Crippen molar-refractivity contribution in [3.63, 3.8) is 0 Å². The average Bonchev–Trinajstić information content (AvgIpc) is 3.15. The fourth-order valence-electron chi connectivity index (χ4n) is 4.35. The maximum atomic E-state index is 13.6. The maximum absolute atomic E-state index is 13.6. The molecule has 1 heterocycles. The molecule has 0 bridgehead atoms. The van der Waals surface area contributed by atoms with Crippen LogP contribution < -0.4 is 0 Å². The van der Waals surface area contributed by atoms with E-state index >= 15 is 0 Å². The molecule has 9 heteroatoms. The van der Waals surface area contributed by atoms with E-state index in [1.54, 1.807) is 55.5 Å². The Morgan fingerprint density at radius 1 is 0.718 bits per heavy atom. The van der Waals surface area contributed by atoms with E-state index in [4.69, 9.17) is 14.2 Å². The lowest BCUT2D eigenvalue weighted by Crippen LogP contribution is -2.52. The number of imide groups is 4. The summed E-state index contributed by atoms with van der Waals surface area (Å²) in [5.41, 5.74) is 0.555. The molecule has 0 spiro atoms. The predicted octanol–water partition coefficient (Wildman–Crippen LogP) is 5.68. The monoisotopic (exact) mass is 530 g/mol. The van der Waals surface area contributed by atoms with E-state index in [1.165, 1.54) is 6.92 Å². The van der Waals surface area contributed by atoms with Crippen molar-refractivity contribution in [3.8, 4) is 0 Å². The molecule has 202 valence electrons. The van der Waals surface area contributed by atoms with E-state index in [-0.39, 0.29) is 26.2 Å². The Hall–Kier alpha value is -4.50. The summed E-state index contributed by atoms with van der Waals surface area (Å²) in [4.78, 5) is 54.2. The first-order valence-electron chi connectivity index (χ1n) is 12.5. The van der Waals surface area contributed by atoms with Crippen LogP contribution in [-0.4, -0.2) is 45.6 Å². The summed E-state index contributed by atoms with van der Waals surface area (Å²) < 4.78 is 16.6. The van der Waals surface area contributed by atoms with Crippen LogP contribution in [0.1, 0.15) is 37.0 Å². The van der Waals surface area contributed by atoms with Crippen molar-refractivity contribution in [2.45, 2.75) is 51.7 Å². The molecule has 0 aliphatic carbocycles. The molecule has 3 aromatic carbocycles. The van der Waals surface area contributed by atoms with E-state index in [0.717, 1.165) is 5.56 Å². The van der Waals surface area contributed by atoms with Gasteiger partial charge in [0.2, 0.25) is 0 Å². The molecule has 1 saturated heterocycles. The molecule has 1 aliphatic rings. The van der Waals surface area contributed by atoms with Gasteiger partial charge in [0.1, 0.15) is 18.8 Å². The minimum absolute atomic E-state index is 0.0622. The average molecular weight is 531 g/mol. The van der Waals surface area contributed by atoms with Gasteiger partial charge in [0, 0.05) is 6.42 Å². The fourth-order valence-corrected chi connectivity index (χ4v) is 4.35. The molecule has 0 N–H and O–H groups in total. The Bertz CT molecular complexity index is 1300. The molecule has 1 unspecified atom stereocenters. The molecule has 0 saturated carbocycles. The fraction of sp³-hybridized carbons (Fsp3) is 0.267. The maximum Gasteiger partial charge on any atom is 0.425 e. The van der Waals surface area contributed by atoms with Crippen molar-refractivity contribution in [3.05, 3.63) is 108 Å². The number of amides is 5. The highest BCUT2D eigenvalue weighted by Crippen LogP contribution is 2.34. The van der Waals surface area contributed by atoms with E-state index < -0.39 is 35.8 Å². The van der Waals surface area contributed by atoms with Gasteiger partial charge in [-0.1, -0.05) is 91.0 Å². The molecule has 3 aromatic rings. The number of rotatable bonds is 9. The molecule has 9 nitrogen and oxygen atoms in total. The zero-order valence-corrected chi connectivity index (χ0v) is 21.8. The van der Waals surface area contributed by atoms with Crippen LogP contribution in [0.3, 0.4) is 0 Å². The van der Waals surface area contributed by atoms with Crippen LogP contribution in [0, 0.1) is 0 Å². The molecule has 4 rings (SSSR count). The molecule has 39 heavy (non-hydrogen) atoms. The van der Waals surface area contributed by atoms with Crippen molar-refractivity contribution < 1.29 is 33.4 Å². The molecular formula is C30H30N2O7. The quantitative estimate of drug-likeness (QED) is 0.328. The summed E-state index contributed by atoms with van der Waals surface area (Å²) in [6.45, 7) is 3.15. The lowest BCUT2D eigenvalue weighted by Gasteiger charge is -2.31. The Labute approximate surface area is 226 Å². The number of benzene rings is 3. The first-order chi connectivity index (χ1) is 18.8. The Morgan fingerprint density at radius 3 is 1.64 bits per heavy atom. The van der Waals surface area contributed by atoms with Gasteiger partial charge in [-0.25, -0.2) is 19.3 Å². The molecule has 2 atom stereocenters. The third-order valence-electron chi connectivity index (χ3n) is 6.38. The van der Waals surface area contributed by atoms with Gasteiger partial charge in [0.25, 0.3) is 5.91 Å². The van der Waals surface area contributed by atoms with Crippen LogP contribution >= 0.6 is 0 Å². The summed E-state index contributed by atoms with van der Waals surface area (Å²) in [5.74, 6) is -0.891. The topological polar surface area (TPSA) is 102 Å². The van der Waals surface area contributed by atoms with Crippen molar-refractivity contribution in [2.24, 2.45) is 0 Å². The number of ether oxygens (including phenoxy) is 3. The normalized spacial score (nSPS) is 17.7. The number of carbonyl (C=O) groups is 4. The lowest BCUT2D eigenvalue weighted by atomic mass is 9.93. The third-order valence-corrected chi connectivity index (χ3v) is 6.38. The summed E-state index contributed by atoms with van der Waals surface area (Å²) in [6.07, 6.45) is -2.84. The number of carbonyl (C=O) groups excluding carboxylic acids is 4. The van der Waals surface area contributed by atoms with Gasteiger partial charge >= 0.3 is 18.2 Å². The number of hydrogen-bond donors (Lipinski definition) is 0. The number of urea groups is 1. The Balaban J connectivity index is 1.52. The zero-order chi connectivity index (χ0) is 27.8. The highest BCUT2D eigenvalue weighted by Gasteiger charge is 2.61. The Morgan fingerprint density at radius 2 is 1.15 bits per heavy atom. The summed E-state index contributed by atoms with van der Waals surface area (Å²) >= 11 is 0. The van der Waals surface area contributed by atoms with Gasteiger partial charge in [0.05, 0.1) is 12.7 Å². The molecule has 1 aliphatic heterocycles. The van der Waals surface area contributed by atoms with Crippen LogP contribution in [0.4, 0.5) is 14.4 Å². The standard InChI is InChI=1S/C30H30N2O7/c1-22(37-19-23-12-6-3-7-13-23)18-30(2)26(33)31(28(35)38-20-24-14-8-4-9-15-24)27(34)32(30)29(36)39-21-25-16-10-5-11-17-25/h3-17,22H,18-21H2,1-2H3/t22?,30-/m0/s1. The highest BCUT2D eigenvalue weighted by molar-refractivity contribution is 6.20. The van der Waals surface area contributed by atoms with Crippen molar-refractivity contribution in [2.75, 3.05) is 0 Å². The van der Waals surface area contributed by atoms with Crippen molar-refractivity contribution >= 4 is 24.1 Å². The highest BCUT2D eigenvalue weighted by atomic mass is 16.6. The summed E-state index contributed by atoms with van der Waals surface area (Å²) in [6, 6.07) is 26.1. The largest absolute Gasteiger partial charge is 0.444 e. The van der Waals surface area contributed by atoms with E-state index in [9.17, 15) is 19.2 Å². The van der Waals surface area contributed by atoms with Crippen LogP contribution in [0.5, 0.6) is 0 Å². The summed E-state index contributed by atoms with van der Waals surface area (Å²) in [7, 11) is 0. The SMILES string of the molecule is CC(C[C@@]1(C)C(=O)N(C(=O)OCc2ccccc2)C(=O)N1C(=O)OCc1ccccc1)OCc1ccccc1. The van der Waals surface area contributed by atoms with Gasteiger partial charge in [-0.2, -0.15) is 4.90 Å². The van der Waals surface area contributed by atoms with Crippen LogP contribution in [0.2, 0.25) is 0 Å². The second-order valence-corrected chi connectivity index (χ2v) is 9.42. The van der Waals surface area contributed by atoms with E-state index in [1.807, 2.05) is 42.5 Å². The van der Waals surface area contributed by atoms with Gasteiger partial charge in [-0.15, -0.1) is 0 Å². The molecule has 1 fully saturated rings. The predicted molar refractivity (Wildman–Crippen MR) is 141 cm³/mol. The van der Waals surface area contributed by atoms with Gasteiger partial charge in [-0.3, -0.25) is 4.79 Å². The smallest absolute Gasteiger partial charge is 0.425 e. The third kappa shape index (κ3) is 6.50. The van der Waals surface area contributed by atoms with Crippen LogP contribution in [0.25, 0.3) is 0 Å². The first kappa shape index (κ1) is 27.5. The van der Waals surface area contributed by atoms with Gasteiger partial charge < -0.3 is 14.2 Å². The molecule has 0 aromatic heterocycles. The van der Waals surface area contributed by atoms with Gasteiger partial charge in [0.15, 0.2) is 0 Å². The molecular weight excluding hydrogens is 500 g/mol. The second-order valence-electron chi connectivity index (χ2n) is 9.42. The number of nitrogens with zero attached hydrogens (tertiary/aromatic N) is 2. The summed E-state index contributed by atoms with van der Waals surface area (Å²) in [5, 5.41) is 0. The second kappa shape index (κ2) is 12.4. The van der Waals surface area contributed by atoms with Crippen LogP contribution in [-0.2, 0) is 38.8 Å². The Kier molecular flexibility index (Phi) is 8.73. The minimum Gasteiger partial charge on any atom is -0.444 e. The van der Waals surface area contributed by atoms with E-state index in [2.05, 4.69) is 0 Å². The van der Waals surface area contributed by atoms with Gasteiger partial charge in [-0.05, 0) is 30.5 Å². The van der Waals surface area contributed by atoms with Crippen molar-refractivity contribution in [1.29, 1.82) is 0 Å². The molecule has 5 amide bonds. The zero-order valence-electron chi connectivity index (χ0n) is 21.8. The van der Waals surface area contributed by atoms with Crippen LogP contribution in [0.15, 0.2) is 91.0 Å². The van der Waals surface area contributed by atoms with E-state index in [0.29, 0.717) is 20.9 Å². The van der Waals surface area contributed by atoms with Crippen molar-refractivity contribution in [1.82, 2.24) is 9.80 Å². The minimum atomic E-state index is -1.74. The molecule has 0 radical (unpaired) electrons. The number of hydrogen-bond acceptors (Lipinski definition) is 7. The lowest BCUT2D eigenvalue weighted by molar-refractivity contribution is -0.133.